The van der Waals surface area contributed by atoms with E-state index in [9.17, 15) is 9.59 Å². The van der Waals surface area contributed by atoms with E-state index in [0.29, 0.717) is 6.54 Å². The van der Waals surface area contributed by atoms with E-state index in [1.54, 1.807) is 6.92 Å². The third kappa shape index (κ3) is 1.60. The van der Waals surface area contributed by atoms with E-state index in [2.05, 4.69) is 5.32 Å². The van der Waals surface area contributed by atoms with E-state index >= 15 is 0 Å². The first kappa shape index (κ1) is 7.84. The molecular weight excluding hydrogens is 148 g/mol. The van der Waals surface area contributed by atoms with Crippen LogP contribution in [0.15, 0.2) is 0 Å². The van der Waals surface area contributed by atoms with Crippen molar-refractivity contribution in [2.24, 2.45) is 0 Å². The zero-order valence-corrected chi connectivity index (χ0v) is 6.20. The second kappa shape index (κ2) is 2.77. The van der Waals surface area contributed by atoms with E-state index in [-0.39, 0.29) is 18.5 Å². The van der Waals surface area contributed by atoms with Gasteiger partial charge < -0.3 is 10.4 Å². The number of rotatable bonds is 0. The van der Waals surface area contributed by atoms with Crippen LogP contribution in [0.2, 0.25) is 0 Å². The van der Waals surface area contributed by atoms with Gasteiger partial charge in [-0.2, -0.15) is 0 Å². The van der Waals surface area contributed by atoms with Crippen LogP contribution < -0.4 is 5.32 Å². The van der Waals surface area contributed by atoms with Gasteiger partial charge in [0.1, 0.15) is 6.54 Å². The summed E-state index contributed by atoms with van der Waals surface area (Å²) in [5.41, 5.74) is 0. The van der Waals surface area contributed by atoms with Crippen LogP contribution in [0.3, 0.4) is 0 Å². The van der Waals surface area contributed by atoms with Gasteiger partial charge in [-0.25, -0.2) is 4.79 Å². The second-order valence-corrected chi connectivity index (χ2v) is 2.56. The van der Waals surface area contributed by atoms with Gasteiger partial charge in [-0.05, 0) is 6.92 Å². The molecule has 0 aromatic carbocycles. The fraction of sp³-hybridized carbons (Fsp3) is 0.667. The van der Waals surface area contributed by atoms with Crippen LogP contribution in [0.25, 0.3) is 0 Å². The average Bonchev–Trinajstić information content (AvgIpc) is 1.94. The Morgan fingerprint density at radius 2 is 2.45 bits per heavy atom. The summed E-state index contributed by atoms with van der Waals surface area (Å²) in [6, 6.07) is -0.120. The Morgan fingerprint density at radius 3 is 2.91 bits per heavy atom. The van der Waals surface area contributed by atoms with Crippen molar-refractivity contribution in [1.82, 2.24) is 10.2 Å². The molecule has 0 unspecified atom stereocenters. The molecule has 2 amide bonds. The monoisotopic (exact) mass is 158 g/mol. The van der Waals surface area contributed by atoms with E-state index in [0.717, 1.165) is 4.90 Å². The lowest BCUT2D eigenvalue weighted by atomic mass is 10.2. The number of hydrogen-bond acceptors (Lipinski definition) is 2. The minimum atomic E-state index is -1.03. The molecule has 1 heterocycles. The fourth-order valence-electron chi connectivity index (χ4n) is 0.994. The molecular formula is C6H10N2O3. The van der Waals surface area contributed by atoms with E-state index in [1.807, 2.05) is 0 Å². The Morgan fingerprint density at radius 1 is 1.82 bits per heavy atom. The standard InChI is InChI=1S/C6H10N2O3/c1-4-2-7-5(9)3-8(4)6(10)11/h4H,2-3H2,1H3,(H,7,9)(H,10,11)/t4-/m1/s1. The van der Waals surface area contributed by atoms with E-state index < -0.39 is 6.09 Å². The lowest BCUT2D eigenvalue weighted by Crippen LogP contribution is -2.54. The second-order valence-electron chi connectivity index (χ2n) is 2.56. The molecule has 0 aromatic rings. The Bertz CT molecular complexity index is 192. The summed E-state index contributed by atoms with van der Waals surface area (Å²) < 4.78 is 0. The summed E-state index contributed by atoms with van der Waals surface area (Å²) in [6.45, 7) is 2.12. The minimum absolute atomic E-state index is 0.0451. The fourth-order valence-corrected chi connectivity index (χ4v) is 0.994. The molecule has 5 heteroatoms. The summed E-state index contributed by atoms with van der Waals surface area (Å²) >= 11 is 0. The maximum atomic E-state index is 10.7. The minimum Gasteiger partial charge on any atom is -0.465 e. The summed E-state index contributed by atoms with van der Waals surface area (Å²) in [7, 11) is 0. The zero-order valence-electron chi connectivity index (χ0n) is 6.20. The molecule has 62 valence electrons. The number of hydrogen-bond donors (Lipinski definition) is 2. The summed E-state index contributed by atoms with van der Waals surface area (Å²) in [5, 5.41) is 11.1. The van der Waals surface area contributed by atoms with Gasteiger partial charge in [0.25, 0.3) is 0 Å². The number of nitrogens with zero attached hydrogens (tertiary/aromatic N) is 1. The smallest absolute Gasteiger partial charge is 0.408 e. The van der Waals surface area contributed by atoms with Gasteiger partial charge in [0.15, 0.2) is 0 Å². The van der Waals surface area contributed by atoms with Crippen LogP contribution >= 0.6 is 0 Å². The number of carboxylic acid groups (broad SMARTS) is 1. The molecule has 0 aliphatic carbocycles. The molecule has 5 nitrogen and oxygen atoms in total. The summed E-state index contributed by atoms with van der Waals surface area (Å²) in [5.74, 6) is -0.231. The van der Waals surface area contributed by atoms with E-state index in [4.69, 9.17) is 5.11 Å². The predicted octanol–water partition coefficient (Wildman–Crippen LogP) is -0.515. The van der Waals surface area contributed by atoms with Crippen molar-refractivity contribution in [3.8, 4) is 0 Å². The van der Waals surface area contributed by atoms with Gasteiger partial charge >= 0.3 is 6.09 Å². The van der Waals surface area contributed by atoms with Crippen molar-refractivity contribution in [2.75, 3.05) is 13.1 Å². The highest BCUT2D eigenvalue weighted by Crippen LogP contribution is 2.02. The van der Waals surface area contributed by atoms with Crippen LogP contribution in [-0.2, 0) is 4.79 Å². The van der Waals surface area contributed by atoms with Gasteiger partial charge in [0.05, 0.1) is 6.04 Å². The highest BCUT2D eigenvalue weighted by molar-refractivity contribution is 5.83. The van der Waals surface area contributed by atoms with Crippen molar-refractivity contribution in [3.05, 3.63) is 0 Å². The topological polar surface area (TPSA) is 69.6 Å². The number of amides is 2. The SMILES string of the molecule is C[C@@H]1CNC(=O)CN1C(=O)O. The van der Waals surface area contributed by atoms with Gasteiger partial charge in [0.2, 0.25) is 5.91 Å². The third-order valence-corrected chi connectivity index (χ3v) is 1.69. The van der Waals surface area contributed by atoms with Gasteiger partial charge in [-0.1, -0.05) is 0 Å². The summed E-state index contributed by atoms with van der Waals surface area (Å²) in [4.78, 5) is 22.3. The molecule has 0 aromatic heterocycles. The van der Waals surface area contributed by atoms with Crippen molar-refractivity contribution in [1.29, 1.82) is 0 Å². The largest absolute Gasteiger partial charge is 0.465 e. The Labute approximate surface area is 64.0 Å². The van der Waals surface area contributed by atoms with Crippen LogP contribution in [0.1, 0.15) is 6.92 Å². The third-order valence-electron chi connectivity index (χ3n) is 1.69. The molecule has 1 aliphatic rings. The van der Waals surface area contributed by atoms with Crippen molar-refractivity contribution in [3.63, 3.8) is 0 Å². The number of carbonyl (C=O) groups is 2. The average molecular weight is 158 g/mol. The maximum absolute atomic E-state index is 10.7. The molecule has 0 bridgehead atoms. The van der Waals surface area contributed by atoms with Crippen molar-refractivity contribution < 1.29 is 14.7 Å². The Balaban J connectivity index is 2.61. The molecule has 0 radical (unpaired) electrons. The van der Waals surface area contributed by atoms with E-state index in [1.165, 1.54) is 0 Å². The van der Waals surface area contributed by atoms with Gasteiger partial charge in [-0.3, -0.25) is 9.69 Å². The molecule has 11 heavy (non-hydrogen) atoms. The van der Waals surface area contributed by atoms with Crippen LogP contribution in [0.5, 0.6) is 0 Å². The maximum Gasteiger partial charge on any atom is 0.408 e. The first-order valence-corrected chi connectivity index (χ1v) is 3.37. The first-order chi connectivity index (χ1) is 5.11. The van der Waals surface area contributed by atoms with Crippen LogP contribution in [0, 0.1) is 0 Å². The molecule has 1 fully saturated rings. The predicted molar refractivity (Wildman–Crippen MR) is 37.2 cm³/mol. The van der Waals surface area contributed by atoms with Crippen molar-refractivity contribution in [2.45, 2.75) is 13.0 Å². The quantitative estimate of drug-likeness (QED) is 0.498. The zero-order chi connectivity index (χ0) is 8.43. The normalized spacial score (nSPS) is 24.6. The number of carbonyl (C=O) groups excluding carboxylic acids is 1. The first-order valence-electron chi connectivity index (χ1n) is 3.37. The highest BCUT2D eigenvalue weighted by atomic mass is 16.4. The molecule has 1 saturated heterocycles. The lowest BCUT2D eigenvalue weighted by Gasteiger charge is -2.30. The summed E-state index contributed by atoms with van der Waals surface area (Å²) in [6.07, 6.45) is -1.03. The molecule has 2 N–H and O–H groups in total. The Hall–Kier alpha value is -1.26. The number of nitrogens with one attached hydrogen (secondary N) is 1. The Kier molecular flexibility index (Phi) is 1.98. The number of piperazine rings is 1. The van der Waals surface area contributed by atoms with Crippen LogP contribution in [0.4, 0.5) is 4.79 Å². The highest BCUT2D eigenvalue weighted by Gasteiger charge is 2.26. The van der Waals surface area contributed by atoms with Gasteiger partial charge in [0, 0.05) is 6.54 Å². The molecule has 0 saturated carbocycles. The molecule has 0 spiro atoms. The van der Waals surface area contributed by atoms with Crippen molar-refractivity contribution >= 4 is 12.0 Å². The van der Waals surface area contributed by atoms with Gasteiger partial charge in [-0.15, -0.1) is 0 Å². The molecule has 1 aliphatic heterocycles. The van der Waals surface area contributed by atoms with Crippen LogP contribution in [-0.4, -0.2) is 41.1 Å². The molecule has 1 atom stereocenters. The molecule has 1 rings (SSSR count). The lowest BCUT2D eigenvalue weighted by molar-refractivity contribution is -0.124.